The summed E-state index contributed by atoms with van der Waals surface area (Å²) in [7, 11) is 1.58. The number of imidazole rings is 1. The molecule has 1 fully saturated rings. The maximum absolute atomic E-state index is 13.3. The highest BCUT2D eigenvalue weighted by Crippen LogP contribution is 2.47. The number of benzene rings is 2. The van der Waals surface area contributed by atoms with E-state index in [1.165, 1.54) is 6.08 Å². The van der Waals surface area contributed by atoms with E-state index in [4.69, 9.17) is 19.2 Å². The van der Waals surface area contributed by atoms with E-state index in [0.717, 1.165) is 24.8 Å². The van der Waals surface area contributed by atoms with Crippen LogP contribution in [0.4, 0.5) is 5.95 Å². The van der Waals surface area contributed by atoms with E-state index in [0.29, 0.717) is 66.1 Å². The lowest BCUT2D eigenvalue weighted by molar-refractivity contribution is -0.126. The van der Waals surface area contributed by atoms with Crippen LogP contribution in [0.3, 0.4) is 0 Å². The fourth-order valence-corrected chi connectivity index (χ4v) is 4.98. The van der Waals surface area contributed by atoms with Crippen molar-refractivity contribution in [3.8, 4) is 17.2 Å². The second kappa shape index (κ2) is 9.93. The van der Waals surface area contributed by atoms with Crippen molar-refractivity contribution < 1.29 is 23.8 Å². The minimum Gasteiger partial charge on any atom is -0.491 e. The Kier molecular flexibility index (Phi) is 6.54. The molecule has 3 aromatic rings. The number of methoxy groups -OCH3 is 1. The molecule has 5 rings (SSSR count). The Morgan fingerprint density at radius 3 is 2.83 bits per heavy atom. The number of hydrogen-bond acceptors (Lipinski definition) is 6. The standard InChI is InChI=1S/C27H30N4O5/c1-4-22(32)30-11-6-5-10-19(16-30)31-23-20(15-21-24(25(23)34-3)36-13-12-35-21)28-27(31)29-26(33)18-9-7-8-17(2)14-18/h4,7-9,14-15,19H,1,5-6,10-13,16H2,2-3H3,(H,28,29,33)/t19-/m1/s1. The van der Waals surface area contributed by atoms with Crippen LogP contribution in [0.1, 0.15) is 41.2 Å². The first kappa shape index (κ1) is 23.7. The molecule has 1 saturated heterocycles. The van der Waals surface area contributed by atoms with Gasteiger partial charge in [-0.2, -0.15) is 0 Å². The Balaban J connectivity index is 1.66. The number of fused-ring (bicyclic) bond motifs is 2. The summed E-state index contributed by atoms with van der Waals surface area (Å²) in [5, 5.41) is 3.01. The number of nitrogens with one attached hydrogen (secondary N) is 1. The number of rotatable bonds is 5. The van der Waals surface area contributed by atoms with E-state index < -0.39 is 0 Å². The van der Waals surface area contributed by atoms with Crippen LogP contribution in [0.25, 0.3) is 11.0 Å². The van der Waals surface area contributed by atoms with Gasteiger partial charge in [-0.15, -0.1) is 0 Å². The number of hydrogen-bond donors (Lipinski definition) is 1. The molecule has 3 heterocycles. The first-order valence-corrected chi connectivity index (χ1v) is 12.2. The van der Waals surface area contributed by atoms with E-state index in [2.05, 4.69) is 11.9 Å². The monoisotopic (exact) mass is 490 g/mol. The van der Waals surface area contributed by atoms with Gasteiger partial charge in [-0.3, -0.25) is 14.9 Å². The van der Waals surface area contributed by atoms with Crippen molar-refractivity contribution in [3.05, 3.63) is 54.1 Å². The predicted octanol–water partition coefficient (Wildman–Crippen LogP) is 4.12. The molecule has 2 amide bonds. The first-order chi connectivity index (χ1) is 17.5. The number of ether oxygens (including phenoxy) is 3. The fourth-order valence-electron chi connectivity index (χ4n) is 4.98. The second-order valence-corrected chi connectivity index (χ2v) is 9.07. The van der Waals surface area contributed by atoms with E-state index in [1.54, 1.807) is 18.1 Å². The molecule has 2 aliphatic heterocycles. The third-order valence-corrected chi connectivity index (χ3v) is 6.65. The number of aromatic nitrogens is 2. The van der Waals surface area contributed by atoms with Gasteiger partial charge in [0.05, 0.1) is 18.7 Å². The quantitative estimate of drug-likeness (QED) is 0.541. The SMILES string of the molecule is C=CC(=O)N1CCCC[C@@H](n2c(NC(=O)c3cccc(C)c3)nc3cc4c(c(OC)c32)OCCO4)C1. The summed E-state index contributed by atoms with van der Waals surface area (Å²) in [5.74, 6) is 1.57. The smallest absolute Gasteiger partial charge is 0.257 e. The van der Waals surface area contributed by atoms with Crippen LogP contribution in [0, 0.1) is 6.92 Å². The minimum absolute atomic E-state index is 0.113. The molecular formula is C27H30N4O5. The van der Waals surface area contributed by atoms with Crippen LogP contribution >= 0.6 is 0 Å². The molecule has 1 atom stereocenters. The maximum Gasteiger partial charge on any atom is 0.257 e. The van der Waals surface area contributed by atoms with E-state index in [-0.39, 0.29) is 17.9 Å². The van der Waals surface area contributed by atoms with Crippen molar-refractivity contribution in [2.24, 2.45) is 0 Å². The highest BCUT2D eigenvalue weighted by Gasteiger charge is 2.31. The Morgan fingerprint density at radius 2 is 2.06 bits per heavy atom. The van der Waals surface area contributed by atoms with Gasteiger partial charge in [0.15, 0.2) is 11.5 Å². The van der Waals surface area contributed by atoms with Crippen LogP contribution in [0.2, 0.25) is 0 Å². The topological polar surface area (TPSA) is 94.9 Å². The van der Waals surface area contributed by atoms with Crippen LogP contribution in [0.5, 0.6) is 17.2 Å². The van der Waals surface area contributed by atoms with E-state index in [9.17, 15) is 9.59 Å². The third-order valence-electron chi connectivity index (χ3n) is 6.65. The number of carbonyl (C=O) groups excluding carboxylic acids is 2. The lowest BCUT2D eigenvalue weighted by Gasteiger charge is -2.27. The summed E-state index contributed by atoms with van der Waals surface area (Å²) < 4.78 is 19.5. The van der Waals surface area contributed by atoms with Gasteiger partial charge in [0.1, 0.15) is 18.7 Å². The maximum atomic E-state index is 13.3. The molecule has 1 aromatic heterocycles. The molecule has 188 valence electrons. The number of likely N-dealkylation sites (tertiary alicyclic amines) is 1. The van der Waals surface area contributed by atoms with Crippen molar-refractivity contribution in [2.75, 3.05) is 38.7 Å². The first-order valence-electron chi connectivity index (χ1n) is 12.2. The number of aryl methyl sites for hydroxylation is 1. The molecule has 0 bridgehead atoms. The molecule has 0 radical (unpaired) electrons. The van der Waals surface area contributed by atoms with Crippen molar-refractivity contribution in [2.45, 2.75) is 32.2 Å². The molecule has 0 spiro atoms. The second-order valence-electron chi connectivity index (χ2n) is 9.07. The normalized spacial score (nSPS) is 17.4. The lowest BCUT2D eigenvalue weighted by Crippen LogP contribution is -2.34. The van der Waals surface area contributed by atoms with Gasteiger partial charge in [-0.05, 0) is 44.4 Å². The molecule has 2 aromatic carbocycles. The largest absolute Gasteiger partial charge is 0.491 e. The van der Waals surface area contributed by atoms with Gasteiger partial charge in [-0.25, -0.2) is 4.98 Å². The number of nitrogens with zero attached hydrogens (tertiary/aromatic N) is 3. The van der Waals surface area contributed by atoms with Crippen molar-refractivity contribution in [1.82, 2.24) is 14.5 Å². The predicted molar refractivity (Wildman–Crippen MR) is 136 cm³/mol. The molecule has 0 saturated carbocycles. The van der Waals surface area contributed by atoms with Gasteiger partial charge in [0.25, 0.3) is 5.91 Å². The lowest BCUT2D eigenvalue weighted by atomic mass is 10.1. The highest BCUT2D eigenvalue weighted by molar-refractivity contribution is 6.04. The molecule has 1 N–H and O–H groups in total. The molecule has 2 aliphatic rings. The van der Waals surface area contributed by atoms with E-state index in [1.807, 2.05) is 35.8 Å². The van der Waals surface area contributed by atoms with Gasteiger partial charge in [0.2, 0.25) is 17.6 Å². The summed E-state index contributed by atoms with van der Waals surface area (Å²) in [6.45, 7) is 7.56. The molecular weight excluding hydrogens is 460 g/mol. The Hall–Kier alpha value is -4.01. The Labute approximate surface area is 209 Å². The van der Waals surface area contributed by atoms with Gasteiger partial charge >= 0.3 is 0 Å². The van der Waals surface area contributed by atoms with Crippen LogP contribution < -0.4 is 19.5 Å². The zero-order valence-electron chi connectivity index (χ0n) is 20.6. The highest BCUT2D eigenvalue weighted by atomic mass is 16.6. The van der Waals surface area contributed by atoms with Gasteiger partial charge in [-0.1, -0.05) is 24.3 Å². The summed E-state index contributed by atoms with van der Waals surface area (Å²) in [5.41, 5.74) is 2.83. The average molecular weight is 491 g/mol. The number of carbonyl (C=O) groups is 2. The Morgan fingerprint density at radius 1 is 1.22 bits per heavy atom. The fraction of sp³-hybridized carbons (Fsp3) is 0.370. The Bertz CT molecular complexity index is 1330. The van der Waals surface area contributed by atoms with Crippen molar-refractivity contribution in [3.63, 3.8) is 0 Å². The average Bonchev–Trinajstić information content (AvgIpc) is 3.06. The number of amides is 2. The minimum atomic E-state index is -0.265. The number of anilines is 1. The van der Waals surface area contributed by atoms with Crippen molar-refractivity contribution in [1.29, 1.82) is 0 Å². The van der Waals surface area contributed by atoms with Crippen LogP contribution in [0.15, 0.2) is 43.0 Å². The van der Waals surface area contributed by atoms with Gasteiger partial charge in [0, 0.05) is 24.7 Å². The van der Waals surface area contributed by atoms with Crippen LogP contribution in [-0.2, 0) is 4.79 Å². The zero-order chi connectivity index (χ0) is 25.2. The van der Waals surface area contributed by atoms with Gasteiger partial charge < -0.3 is 23.7 Å². The zero-order valence-corrected chi connectivity index (χ0v) is 20.6. The molecule has 0 aliphatic carbocycles. The summed E-state index contributed by atoms with van der Waals surface area (Å²) >= 11 is 0. The summed E-state index contributed by atoms with van der Waals surface area (Å²) in [6, 6.07) is 9.06. The summed E-state index contributed by atoms with van der Waals surface area (Å²) in [6.07, 6.45) is 3.95. The molecule has 0 unspecified atom stereocenters. The molecule has 36 heavy (non-hydrogen) atoms. The third kappa shape index (κ3) is 4.36. The van der Waals surface area contributed by atoms with E-state index >= 15 is 0 Å². The van der Waals surface area contributed by atoms with Crippen LogP contribution in [-0.4, -0.2) is 59.7 Å². The molecule has 9 nitrogen and oxygen atoms in total. The summed E-state index contributed by atoms with van der Waals surface area (Å²) in [4.78, 5) is 32.4. The molecule has 9 heteroatoms. The van der Waals surface area contributed by atoms with Crippen molar-refractivity contribution >= 4 is 28.8 Å².